The number of hydrogen-bond donors (Lipinski definition) is 3. The summed E-state index contributed by atoms with van der Waals surface area (Å²) < 4.78 is 37.9. The Labute approximate surface area is 213 Å². The number of aromatic nitrogens is 4. The molecule has 2 fully saturated rings. The largest absolute Gasteiger partial charge is 0.347 e. The Kier molecular flexibility index (Phi) is 7.52. The molecule has 198 valence electrons. The number of rotatable bonds is 9. The Morgan fingerprint density at radius 2 is 1.92 bits per heavy atom. The Hall–Kier alpha value is -2.93. The van der Waals surface area contributed by atoms with Gasteiger partial charge in [-0.05, 0) is 12.5 Å². The molecule has 0 spiro atoms. The summed E-state index contributed by atoms with van der Waals surface area (Å²) in [5.74, 6) is 0.249. The highest BCUT2D eigenvalue weighted by atomic mass is 31.2. The van der Waals surface area contributed by atoms with Crippen molar-refractivity contribution in [2.75, 3.05) is 24.6 Å². The van der Waals surface area contributed by atoms with E-state index in [9.17, 15) is 14.3 Å². The predicted octanol–water partition coefficient (Wildman–Crippen LogP) is 2.44. The fourth-order valence-electron chi connectivity index (χ4n) is 4.38. The molecule has 0 saturated carbocycles. The van der Waals surface area contributed by atoms with E-state index in [1.54, 1.807) is 11.5 Å². The van der Waals surface area contributed by atoms with Crippen LogP contribution in [0.15, 0.2) is 43.0 Å². The van der Waals surface area contributed by atoms with Crippen LogP contribution in [0.2, 0.25) is 0 Å². The predicted molar refractivity (Wildman–Crippen MR) is 132 cm³/mol. The van der Waals surface area contributed by atoms with Crippen LogP contribution in [0.5, 0.6) is 0 Å². The van der Waals surface area contributed by atoms with Crippen molar-refractivity contribution in [1.29, 1.82) is 0 Å². The third-order valence-electron chi connectivity index (χ3n) is 6.19. The van der Waals surface area contributed by atoms with Gasteiger partial charge < -0.3 is 28.9 Å². The van der Waals surface area contributed by atoms with Crippen molar-refractivity contribution in [3.05, 3.63) is 48.5 Å². The molecule has 2 saturated heterocycles. The van der Waals surface area contributed by atoms with Crippen LogP contribution in [-0.4, -0.2) is 74.4 Å². The molecule has 5 rings (SSSR count). The monoisotopic (exact) mass is 532 g/mol. The highest BCUT2D eigenvalue weighted by Crippen LogP contribution is 2.45. The summed E-state index contributed by atoms with van der Waals surface area (Å²) >= 11 is 0. The minimum absolute atomic E-state index is 0.0182. The van der Waals surface area contributed by atoms with Crippen molar-refractivity contribution >= 4 is 30.6 Å². The summed E-state index contributed by atoms with van der Waals surface area (Å²) in [6.07, 6.45) is 0.318. The molecule has 0 radical (unpaired) electrons. The molecule has 3 N–H and O–H groups in total. The molecular formula is C23H29N6O7P. The lowest BCUT2D eigenvalue weighted by molar-refractivity contribution is -0.148. The second kappa shape index (κ2) is 10.8. The number of nitrogens with one attached hydrogen (secondary N) is 2. The van der Waals surface area contributed by atoms with Crippen molar-refractivity contribution in [3.8, 4) is 0 Å². The van der Waals surface area contributed by atoms with Gasteiger partial charge in [0.2, 0.25) is 0 Å². The lowest BCUT2D eigenvalue weighted by atomic mass is 10.1. The van der Waals surface area contributed by atoms with E-state index in [2.05, 4.69) is 25.6 Å². The van der Waals surface area contributed by atoms with Crippen LogP contribution < -0.4 is 10.6 Å². The standard InChI is InChI=1S/C23H29N6O7P/c1-3-24-23(30)28-20-17-21(26-12-25-20)29(13-27-17)22-19-18(15(34-22)11-33-37(31,32)4-2)35-16(36-19)10-14-8-6-5-7-9-14/h5-9,12-13,15-16,18-19,22H,3-4,10-11H2,1-2H3,(H,31,32)(H2,24,25,26,28,30)/t15-,16?,18?,19+,22-/m1/s1. The normalized spacial score (nSPS) is 26.6. The second-order valence-corrected chi connectivity index (χ2v) is 10.8. The number of carbonyl (C=O) groups is 1. The molecule has 14 heteroatoms. The van der Waals surface area contributed by atoms with Gasteiger partial charge in [0.15, 0.2) is 29.5 Å². The summed E-state index contributed by atoms with van der Waals surface area (Å²) in [5, 5.41) is 5.32. The van der Waals surface area contributed by atoms with E-state index in [0.29, 0.717) is 24.1 Å². The quantitative estimate of drug-likeness (QED) is 0.349. The average molecular weight is 532 g/mol. The lowest BCUT2D eigenvalue weighted by Gasteiger charge is -2.22. The molecule has 0 bridgehead atoms. The smallest absolute Gasteiger partial charge is 0.327 e. The average Bonchev–Trinajstić information content (AvgIpc) is 3.58. The van der Waals surface area contributed by atoms with Gasteiger partial charge in [0, 0.05) is 19.1 Å². The molecule has 13 nitrogen and oxygen atoms in total. The van der Waals surface area contributed by atoms with Crippen LogP contribution in [0.3, 0.4) is 0 Å². The van der Waals surface area contributed by atoms with E-state index in [4.69, 9.17) is 18.7 Å². The first-order valence-electron chi connectivity index (χ1n) is 12.1. The van der Waals surface area contributed by atoms with Crippen LogP contribution in [0.25, 0.3) is 11.2 Å². The van der Waals surface area contributed by atoms with Gasteiger partial charge in [0.25, 0.3) is 0 Å². The molecule has 0 aliphatic carbocycles. The molecule has 6 atom stereocenters. The SMILES string of the molecule is CCNC(=O)Nc1ncnc2c1ncn2[C@@H]1O[C@H](COP(=O)(O)CC)C2OC(Cc3ccccc3)O[C@@H]21. The minimum atomic E-state index is -3.74. The second-order valence-electron chi connectivity index (χ2n) is 8.67. The van der Waals surface area contributed by atoms with E-state index in [-0.39, 0.29) is 18.6 Å². The number of urea groups is 1. The topological polar surface area (TPSA) is 159 Å². The zero-order valence-corrected chi connectivity index (χ0v) is 21.3. The Morgan fingerprint density at radius 1 is 1.14 bits per heavy atom. The van der Waals surface area contributed by atoms with Crippen molar-refractivity contribution in [2.45, 2.75) is 51.1 Å². The van der Waals surface area contributed by atoms with Crippen LogP contribution in [0, 0.1) is 0 Å². The Morgan fingerprint density at radius 3 is 2.68 bits per heavy atom. The zero-order valence-electron chi connectivity index (χ0n) is 20.4. The first kappa shape index (κ1) is 25.7. The van der Waals surface area contributed by atoms with Gasteiger partial charge in [-0.1, -0.05) is 37.3 Å². The highest BCUT2D eigenvalue weighted by Gasteiger charge is 2.54. The van der Waals surface area contributed by atoms with Gasteiger partial charge in [-0.25, -0.2) is 19.7 Å². The fourth-order valence-corrected chi connectivity index (χ4v) is 4.95. The van der Waals surface area contributed by atoms with Gasteiger partial charge >= 0.3 is 13.6 Å². The van der Waals surface area contributed by atoms with Gasteiger partial charge in [0.1, 0.15) is 24.6 Å². The van der Waals surface area contributed by atoms with E-state index in [0.717, 1.165) is 5.56 Å². The van der Waals surface area contributed by atoms with E-state index >= 15 is 0 Å². The number of fused-ring (bicyclic) bond motifs is 2. The van der Waals surface area contributed by atoms with Crippen molar-refractivity contribution in [1.82, 2.24) is 24.8 Å². The number of imidazole rings is 1. The first-order chi connectivity index (χ1) is 17.9. The third-order valence-corrected chi connectivity index (χ3v) is 7.54. The van der Waals surface area contributed by atoms with Gasteiger partial charge in [-0.3, -0.25) is 14.4 Å². The van der Waals surface area contributed by atoms with Crippen molar-refractivity contribution in [3.63, 3.8) is 0 Å². The highest BCUT2D eigenvalue weighted by molar-refractivity contribution is 7.52. The minimum Gasteiger partial charge on any atom is -0.347 e. The van der Waals surface area contributed by atoms with E-state index < -0.39 is 44.5 Å². The maximum atomic E-state index is 12.1. The summed E-state index contributed by atoms with van der Waals surface area (Å²) in [4.78, 5) is 34.9. The maximum Gasteiger partial charge on any atom is 0.327 e. The molecule has 37 heavy (non-hydrogen) atoms. The summed E-state index contributed by atoms with van der Waals surface area (Å²) in [7, 11) is -3.74. The first-order valence-corrected chi connectivity index (χ1v) is 13.8. The maximum absolute atomic E-state index is 12.1. The Bertz CT molecular complexity index is 1290. The zero-order chi connectivity index (χ0) is 26.0. The van der Waals surface area contributed by atoms with Crippen LogP contribution in [0.4, 0.5) is 10.6 Å². The molecule has 2 amide bonds. The molecule has 1 aromatic carbocycles. The number of nitrogens with zero attached hydrogens (tertiary/aromatic N) is 4. The molecule has 2 aliphatic rings. The molecule has 2 aromatic heterocycles. The van der Waals surface area contributed by atoms with E-state index in [1.807, 2.05) is 37.3 Å². The number of carbonyl (C=O) groups excluding carboxylic acids is 1. The Balaban J connectivity index is 1.41. The lowest BCUT2D eigenvalue weighted by Crippen LogP contribution is -2.31. The number of ether oxygens (including phenoxy) is 3. The van der Waals surface area contributed by atoms with Gasteiger partial charge in [0.05, 0.1) is 12.9 Å². The molecule has 3 unspecified atom stereocenters. The van der Waals surface area contributed by atoms with Crippen molar-refractivity contribution in [2.24, 2.45) is 0 Å². The number of amides is 2. The third kappa shape index (κ3) is 5.52. The molecular weight excluding hydrogens is 503 g/mol. The summed E-state index contributed by atoms with van der Waals surface area (Å²) in [6.45, 7) is 3.70. The van der Waals surface area contributed by atoms with Gasteiger partial charge in [-0.15, -0.1) is 0 Å². The van der Waals surface area contributed by atoms with Crippen LogP contribution >= 0.6 is 7.60 Å². The molecule has 3 aromatic rings. The summed E-state index contributed by atoms with van der Waals surface area (Å²) in [6, 6.07) is 9.40. The number of benzene rings is 1. The number of hydrogen-bond acceptors (Lipinski definition) is 9. The fraction of sp³-hybridized carbons (Fsp3) is 0.478. The van der Waals surface area contributed by atoms with Crippen molar-refractivity contribution < 1.29 is 33.0 Å². The molecule has 4 heterocycles. The number of anilines is 1. The molecule has 2 aliphatic heterocycles. The van der Waals surface area contributed by atoms with Crippen LogP contribution in [0.1, 0.15) is 25.6 Å². The van der Waals surface area contributed by atoms with Crippen LogP contribution in [-0.2, 0) is 29.7 Å². The summed E-state index contributed by atoms with van der Waals surface area (Å²) in [5.41, 5.74) is 1.84. The van der Waals surface area contributed by atoms with Gasteiger partial charge in [-0.2, -0.15) is 0 Å². The van der Waals surface area contributed by atoms with E-state index in [1.165, 1.54) is 12.7 Å².